The van der Waals surface area contributed by atoms with Gasteiger partial charge in [0.15, 0.2) is 0 Å². The molecular formula is C55H43BN4. The normalized spacial score (nSPS) is 12.8. The Morgan fingerprint density at radius 1 is 0.450 bits per heavy atom. The van der Waals surface area contributed by atoms with Crippen LogP contribution in [0.5, 0.6) is 0 Å². The molecule has 2 aliphatic heterocycles. The lowest BCUT2D eigenvalue weighted by atomic mass is 9.33. The van der Waals surface area contributed by atoms with Crippen LogP contribution in [0.25, 0.3) is 0 Å². The van der Waals surface area contributed by atoms with E-state index in [1.54, 1.807) is 0 Å². The van der Waals surface area contributed by atoms with Crippen molar-refractivity contribution >= 4 is 85.7 Å². The van der Waals surface area contributed by atoms with E-state index >= 15 is 0 Å². The highest BCUT2D eigenvalue weighted by Crippen LogP contribution is 2.45. The van der Waals surface area contributed by atoms with Crippen molar-refractivity contribution in [3.05, 3.63) is 243 Å². The SMILES string of the molecule is C=C/C=C\C=C(/C)N1c2ccccc2B2c3cc(N(c4ccccc4)c4cccc(N(c5ccccc5)c5ccccc5)c4)ccc3N(c3ccccc3)c3cccc1c32. The highest BCUT2D eigenvalue weighted by molar-refractivity contribution is 7.00. The van der Waals surface area contributed by atoms with Crippen LogP contribution in [0.15, 0.2) is 243 Å². The number of hydrogen-bond acceptors (Lipinski definition) is 4. The van der Waals surface area contributed by atoms with Crippen molar-refractivity contribution in [1.29, 1.82) is 0 Å². The van der Waals surface area contributed by atoms with E-state index in [-0.39, 0.29) is 6.71 Å². The van der Waals surface area contributed by atoms with E-state index in [2.05, 4.69) is 252 Å². The molecule has 2 heterocycles. The summed E-state index contributed by atoms with van der Waals surface area (Å²) in [5, 5.41) is 0. The molecule has 0 radical (unpaired) electrons. The average Bonchev–Trinajstić information content (AvgIpc) is 3.31. The molecule has 0 amide bonds. The fourth-order valence-corrected chi connectivity index (χ4v) is 9.00. The number of benzene rings is 8. The maximum Gasteiger partial charge on any atom is 0.252 e. The van der Waals surface area contributed by atoms with E-state index in [0.29, 0.717) is 0 Å². The van der Waals surface area contributed by atoms with Gasteiger partial charge in [0.05, 0.1) is 0 Å². The Morgan fingerprint density at radius 3 is 1.58 bits per heavy atom. The average molecular weight is 771 g/mol. The number of fused-ring (bicyclic) bond motifs is 4. The summed E-state index contributed by atoms with van der Waals surface area (Å²) >= 11 is 0. The van der Waals surface area contributed by atoms with Crippen molar-refractivity contribution in [2.75, 3.05) is 19.6 Å². The van der Waals surface area contributed by atoms with Gasteiger partial charge in [0.1, 0.15) is 0 Å². The number of allylic oxidation sites excluding steroid dienone is 5. The van der Waals surface area contributed by atoms with Crippen LogP contribution in [0.1, 0.15) is 6.92 Å². The zero-order valence-corrected chi connectivity index (χ0v) is 33.5. The lowest BCUT2D eigenvalue weighted by molar-refractivity contribution is 1.16. The molecule has 2 aliphatic rings. The van der Waals surface area contributed by atoms with E-state index in [9.17, 15) is 0 Å². The third kappa shape index (κ3) is 6.47. The van der Waals surface area contributed by atoms with Crippen molar-refractivity contribution < 1.29 is 0 Å². The maximum absolute atomic E-state index is 3.89. The molecular weight excluding hydrogens is 727 g/mol. The van der Waals surface area contributed by atoms with Gasteiger partial charge in [-0.15, -0.1) is 0 Å². The molecule has 5 heteroatoms. The fraction of sp³-hybridized carbons (Fsp3) is 0.0182. The molecule has 286 valence electrons. The van der Waals surface area contributed by atoms with Crippen molar-refractivity contribution in [1.82, 2.24) is 0 Å². The van der Waals surface area contributed by atoms with Crippen LogP contribution in [0.2, 0.25) is 0 Å². The van der Waals surface area contributed by atoms with Crippen LogP contribution < -0.4 is 36.0 Å². The van der Waals surface area contributed by atoms with Gasteiger partial charge in [0.2, 0.25) is 0 Å². The first-order valence-corrected chi connectivity index (χ1v) is 20.5. The summed E-state index contributed by atoms with van der Waals surface area (Å²) in [4.78, 5) is 9.58. The third-order valence-corrected chi connectivity index (χ3v) is 11.5. The smallest absolute Gasteiger partial charge is 0.252 e. The van der Waals surface area contributed by atoms with Gasteiger partial charge in [0.25, 0.3) is 6.71 Å². The summed E-state index contributed by atoms with van der Waals surface area (Å²) in [6.45, 7) is 6.08. The van der Waals surface area contributed by atoms with Gasteiger partial charge in [-0.05, 0) is 133 Å². The molecule has 8 aromatic rings. The Kier molecular flexibility index (Phi) is 9.68. The summed E-state index contributed by atoms with van der Waals surface area (Å²) in [6, 6.07) is 74.3. The molecule has 0 saturated heterocycles. The minimum Gasteiger partial charge on any atom is -0.315 e. The quantitative estimate of drug-likeness (QED) is 0.101. The van der Waals surface area contributed by atoms with Gasteiger partial charge in [-0.3, -0.25) is 0 Å². The Hall–Kier alpha value is -7.76. The number of hydrogen-bond donors (Lipinski definition) is 0. The van der Waals surface area contributed by atoms with E-state index in [1.165, 1.54) is 39.1 Å². The van der Waals surface area contributed by atoms with Crippen molar-refractivity contribution in [3.8, 4) is 0 Å². The van der Waals surface area contributed by atoms with Crippen molar-refractivity contribution in [3.63, 3.8) is 0 Å². The van der Waals surface area contributed by atoms with Crippen LogP contribution in [-0.2, 0) is 0 Å². The van der Waals surface area contributed by atoms with E-state index < -0.39 is 0 Å². The predicted octanol–water partition coefficient (Wildman–Crippen LogP) is 13.0. The Balaban J connectivity index is 1.19. The van der Waals surface area contributed by atoms with Gasteiger partial charge in [-0.1, -0.05) is 128 Å². The number of nitrogens with zero attached hydrogens (tertiary/aromatic N) is 4. The predicted molar refractivity (Wildman–Crippen MR) is 257 cm³/mol. The first-order chi connectivity index (χ1) is 29.7. The summed E-state index contributed by atoms with van der Waals surface area (Å²) < 4.78 is 0. The van der Waals surface area contributed by atoms with Crippen LogP contribution in [0.4, 0.5) is 62.6 Å². The maximum atomic E-state index is 3.89. The van der Waals surface area contributed by atoms with Crippen LogP contribution >= 0.6 is 0 Å². The standard InChI is InChI=1S/C55H43BN4/c1-3-4-9-22-41(2)57-51-34-19-18-33-49(51)56-50-40-48(37-38-52(50)60(45-29-16-8-17-30-45)54-36-21-35-53(57)55(54)56)59(44-27-14-7-15-28-44)47-32-20-31-46(39-47)58(42-23-10-5-11-24-42)43-25-12-6-13-26-43/h3-40H,1H2,2H3/b9-4-,41-22+. The molecule has 0 bridgehead atoms. The number of anilines is 11. The second kappa shape index (κ2) is 15.9. The second-order valence-corrected chi connectivity index (χ2v) is 15.1. The minimum atomic E-state index is -0.00862. The van der Waals surface area contributed by atoms with Gasteiger partial charge in [0, 0.05) is 68.3 Å². The molecule has 0 atom stereocenters. The fourth-order valence-electron chi connectivity index (χ4n) is 9.00. The molecule has 4 nitrogen and oxygen atoms in total. The highest BCUT2D eigenvalue weighted by Gasteiger charge is 2.43. The monoisotopic (exact) mass is 770 g/mol. The molecule has 60 heavy (non-hydrogen) atoms. The molecule has 10 rings (SSSR count). The highest BCUT2D eigenvalue weighted by atomic mass is 15.2. The first-order valence-electron chi connectivity index (χ1n) is 20.5. The molecule has 0 N–H and O–H groups in total. The van der Waals surface area contributed by atoms with Crippen LogP contribution in [0.3, 0.4) is 0 Å². The van der Waals surface area contributed by atoms with E-state index in [1.807, 2.05) is 12.2 Å². The molecule has 0 aromatic heterocycles. The van der Waals surface area contributed by atoms with Crippen molar-refractivity contribution in [2.24, 2.45) is 0 Å². The molecule has 0 spiro atoms. The largest absolute Gasteiger partial charge is 0.315 e. The molecule has 0 fully saturated rings. The van der Waals surface area contributed by atoms with Gasteiger partial charge >= 0.3 is 0 Å². The summed E-state index contributed by atoms with van der Waals surface area (Å²) in [7, 11) is 0. The molecule has 0 saturated carbocycles. The number of para-hydroxylation sites is 5. The van der Waals surface area contributed by atoms with Gasteiger partial charge in [-0.2, -0.15) is 0 Å². The number of rotatable bonds is 10. The van der Waals surface area contributed by atoms with E-state index in [4.69, 9.17) is 0 Å². The molecule has 0 unspecified atom stereocenters. The zero-order valence-electron chi connectivity index (χ0n) is 33.5. The Morgan fingerprint density at radius 2 is 0.950 bits per heavy atom. The topological polar surface area (TPSA) is 13.0 Å². The van der Waals surface area contributed by atoms with Crippen LogP contribution in [0, 0.1) is 0 Å². The Labute approximate surface area is 353 Å². The Bertz CT molecular complexity index is 2830. The zero-order chi connectivity index (χ0) is 40.4. The summed E-state index contributed by atoms with van der Waals surface area (Å²) in [6.07, 6.45) is 8.03. The van der Waals surface area contributed by atoms with Gasteiger partial charge < -0.3 is 19.6 Å². The first kappa shape index (κ1) is 36.6. The van der Waals surface area contributed by atoms with E-state index in [0.717, 1.165) is 45.5 Å². The molecule has 0 aliphatic carbocycles. The van der Waals surface area contributed by atoms with Crippen molar-refractivity contribution in [2.45, 2.75) is 6.92 Å². The summed E-state index contributed by atoms with van der Waals surface area (Å²) in [5.74, 6) is 0. The third-order valence-electron chi connectivity index (χ3n) is 11.5. The van der Waals surface area contributed by atoms with Crippen LogP contribution in [-0.4, -0.2) is 6.71 Å². The molecule has 8 aromatic carbocycles. The lowest BCUT2D eigenvalue weighted by Gasteiger charge is -2.44. The summed E-state index contributed by atoms with van der Waals surface area (Å²) in [5.41, 5.74) is 17.3. The van der Waals surface area contributed by atoms with Gasteiger partial charge in [-0.25, -0.2) is 0 Å². The second-order valence-electron chi connectivity index (χ2n) is 15.1. The minimum absolute atomic E-state index is 0.00862. The lowest BCUT2D eigenvalue weighted by Crippen LogP contribution is -2.61.